The van der Waals surface area contributed by atoms with Crippen molar-refractivity contribution >= 4 is 28.5 Å². The SMILES string of the molecule is CC(C)Cn1c(=O)[nH]c(=O)c2c(C(=O)Nc3ccc(CC(N)=O)cc3)cc(C(C)C)nc21. The predicted octanol–water partition coefficient (Wildman–Crippen LogP) is 2.14. The first-order chi connectivity index (χ1) is 15.1. The molecule has 168 valence electrons. The first-order valence-electron chi connectivity index (χ1n) is 10.4. The van der Waals surface area contributed by atoms with Crippen LogP contribution in [0.15, 0.2) is 39.9 Å². The number of carbonyl (C=O) groups excluding carboxylic acids is 2. The molecule has 0 atom stereocenters. The van der Waals surface area contributed by atoms with Crippen molar-refractivity contribution < 1.29 is 9.59 Å². The van der Waals surface area contributed by atoms with Crippen LogP contribution in [-0.4, -0.2) is 26.3 Å². The molecule has 3 aromatic rings. The fourth-order valence-corrected chi connectivity index (χ4v) is 3.41. The van der Waals surface area contributed by atoms with Gasteiger partial charge in [0, 0.05) is 17.9 Å². The van der Waals surface area contributed by atoms with E-state index in [1.165, 1.54) is 4.57 Å². The zero-order valence-electron chi connectivity index (χ0n) is 18.6. The molecule has 0 radical (unpaired) electrons. The van der Waals surface area contributed by atoms with Crippen molar-refractivity contribution in [2.45, 2.75) is 46.6 Å². The number of carbonyl (C=O) groups is 2. The lowest BCUT2D eigenvalue weighted by Crippen LogP contribution is -2.33. The molecule has 3 rings (SSSR count). The highest BCUT2D eigenvalue weighted by Crippen LogP contribution is 2.21. The number of rotatable bonds is 7. The molecule has 0 saturated carbocycles. The Bertz CT molecular complexity index is 1290. The number of nitrogens with zero attached hydrogens (tertiary/aromatic N) is 2. The molecule has 0 unspecified atom stereocenters. The fourth-order valence-electron chi connectivity index (χ4n) is 3.41. The van der Waals surface area contributed by atoms with E-state index in [0.717, 1.165) is 5.56 Å². The summed E-state index contributed by atoms with van der Waals surface area (Å²) in [7, 11) is 0. The van der Waals surface area contributed by atoms with Crippen LogP contribution in [0.4, 0.5) is 5.69 Å². The van der Waals surface area contributed by atoms with Gasteiger partial charge in [0.2, 0.25) is 5.91 Å². The van der Waals surface area contributed by atoms with Gasteiger partial charge in [0.1, 0.15) is 0 Å². The van der Waals surface area contributed by atoms with Crippen LogP contribution in [0.1, 0.15) is 55.2 Å². The maximum absolute atomic E-state index is 13.2. The van der Waals surface area contributed by atoms with Crippen LogP contribution in [0.5, 0.6) is 0 Å². The number of amides is 2. The van der Waals surface area contributed by atoms with Crippen LogP contribution < -0.4 is 22.3 Å². The first-order valence-corrected chi connectivity index (χ1v) is 10.4. The van der Waals surface area contributed by atoms with Gasteiger partial charge in [-0.05, 0) is 35.6 Å². The number of hydrogen-bond acceptors (Lipinski definition) is 5. The van der Waals surface area contributed by atoms with E-state index >= 15 is 0 Å². The van der Waals surface area contributed by atoms with E-state index < -0.39 is 23.1 Å². The van der Waals surface area contributed by atoms with Gasteiger partial charge in [-0.1, -0.05) is 39.8 Å². The Kier molecular flexibility index (Phi) is 6.57. The highest BCUT2D eigenvalue weighted by Gasteiger charge is 2.21. The smallest absolute Gasteiger partial charge is 0.330 e. The van der Waals surface area contributed by atoms with Crippen LogP contribution in [0.3, 0.4) is 0 Å². The highest BCUT2D eigenvalue weighted by molar-refractivity contribution is 6.11. The lowest BCUT2D eigenvalue weighted by molar-refractivity contribution is -0.117. The molecule has 0 spiro atoms. The number of nitrogens with one attached hydrogen (secondary N) is 2. The molecule has 0 saturated heterocycles. The van der Waals surface area contributed by atoms with E-state index in [-0.39, 0.29) is 34.9 Å². The van der Waals surface area contributed by atoms with E-state index in [1.54, 1.807) is 30.3 Å². The number of aromatic nitrogens is 3. The number of primary amides is 1. The minimum Gasteiger partial charge on any atom is -0.369 e. The van der Waals surface area contributed by atoms with E-state index in [1.807, 2.05) is 27.7 Å². The minimum absolute atomic E-state index is 0.0269. The molecular weight excluding hydrogens is 410 g/mol. The molecule has 0 bridgehead atoms. The molecule has 2 aromatic heterocycles. The Morgan fingerprint density at radius 3 is 2.34 bits per heavy atom. The second-order valence-electron chi connectivity index (χ2n) is 8.51. The van der Waals surface area contributed by atoms with Gasteiger partial charge in [-0.25, -0.2) is 9.78 Å². The summed E-state index contributed by atoms with van der Waals surface area (Å²) in [5.74, 6) is -0.844. The van der Waals surface area contributed by atoms with E-state index in [4.69, 9.17) is 5.73 Å². The lowest BCUT2D eigenvalue weighted by atomic mass is 10.0. The molecular formula is C23H27N5O4. The van der Waals surface area contributed by atoms with Crippen molar-refractivity contribution in [3.63, 3.8) is 0 Å². The summed E-state index contributed by atoms with van der Waals surface area (Å²) in [6.07, 6.45) is 0.101. The number of benzene rings is 1. The molecule has 0 aliphatic rings. The summed E-state index contributed by atoms with van der Waals surface area (Å²) in [5.41, 5.74) is 6.14. The van der Waals surface area contributed by atoms with E-state index in [2.05, 4.69) is 15.3 Å². The topological polar surface area (TPSA) is 140 Å². The van der Waals surface area contributed by atoms with Gasteiger partial charge in [-0.2, -0.15) is 0 Å². The first kappa shape index (κ1) is 22.9. The summed E-state index contributed by atoms with van der Waals surface area (Å²) in [6.45, 7) is 8.09. The second kappa shape index (κ2) is 9.17. The monoisotopic (exact) mass is 437 g/mol. The zero-order chi connectivity index (χ0) is 23.6. The summed E-state index contributed by atoms with van der Waals surface area (Å²) in [4.78, 5) is 56.3. The normalized spacial score (nSPS) is 11.3. The van der Waals surface area contributed by atoms with Crippen molar-refractivity contribution in [3.05, 3.63) is 68.0 Å². The number of H-pyrrole nitrogens is 1. The Labute approximate surface area is 184 Å². The molecule has 32 heavy (non-hydrogen) atoms. The van der Waals surface area contributed by atoms with Gasteiger partial charge in [0.25, 0.3) is 11.5 Å². The Balaban J connectivity index is 2.12. The average Bonchev–Trinajstić information content (AvgIpc) is 2.70. The van der Waals surface area contributed by atoms with Crippen molar-refractivity contribution in [2.24, 2.45) is 11.7 Å². The van der Waals surface area contributed by atoms with E-state index in [9.17, 15) is 19.2 Å². The van der Waals surface area contributed by atoms with Crippen molar-refractivity contribution in [2.75, 3.05) is 5.32 Å². The molecule has 2 amide bonds. The molecule has 0 aliphatic carbocycles. The van der Waals surface area contributed by atoms with Crippen molar-refractivity contribution in [3.8, 4) is 0 Å². The van der Waals surface area contributed by atoms with Crippen molar-refractivity contribution in [1.82, 2.24) is 14.5 Å². The third kappa shape index (κ3) is 4.93. The van der Waals surface area contributed by atoms with Crippen LogP contribution in [0.25, 0.3) is 11.0 Å². The van der Waals surface area contributed by atoms with Crippen molar-refractivity contribution in [1.29, 1.82) is 0 Å². The number of anilines is 1. The Morgan fingerprint density at radius 1 is 1.12 bits per heavy atom. The maximum Gasteiger partial charge on any atom is 0.330 e. The number of hydrogen-bond donors (Lipinski definition) is 3. The van der Waals surface area contributed by atoms with Gasteiger partial charge in [-0.15, -0.1) is 0 Å². The predicted molar refractivity (Wildman–Crippen MR) is 123 cm³/mol. The third-order valence-electron chi connectivity index (χ3n) is 4.94. The number of pyridine rings is 1. The van der Waals surface area contributed by atoms with Gasteiger partial charge in [0.05, 0.1) is 17.4 Å². The lowest BCUT2D eigenvalue weighted by Gasteiger charge is -2.16. The minimum atomic E-state index is -0.658. The number of nitrogens with two attached hydrogens (primary N) is 1. The van der Waals surface area contributed by atoms with Crippen LogP contribution in [0, 0.1) is 5.92 Å². The number of fused-ring (bicyclic) bond motifs is 1. The van der Waals surface area contributed by atoms with Gasteiger partial charge in [0.15, 0.2) is 5.65 Å². The summed E-state index contributed by atoms with van der Waals surface area (Å²) in [6, 6.07) is 8.28. The molecule has 9 heteroatoms. The molecule has 4 N–H and O–H groups in total. The molecule has 0 aliphatic heterocycles. The van der Waals surface area contributed by atoms with Gasteiger partial charge >= 0.3 is 5.69 Å². The Morgan fingerprint density at radius 2 is 1.78 bits per heavy atom. The molecule has 0 fully saturated rings. The quantitative estimate of drug-likeness (QED) is 0.519. The molecule has 9 nitrogen and oxygen atoms in total. The van der Waals surface area contributed by atoms with Gasteiger partial charge < -0.3 is 11.1 Å². The standard InChI is InChI=1S/C23H27N5O4/c1-12(2)11-28-20-19(22(31)27-23(28)32)16(10-17(26-20)13(3)4)21(30)25-15-7-5-14(6-8-15)9-18(24)29/h5-8,10,12-13H,9,11H2,1-4H3,(H2,24,29)(H,25,30)(H,27,31,32). The van der Waals surface area contributed by atoms with Crippen LogP contribution >= 0.6 is 0 Å². The Hall–Kier alpha value is -3.75. The number of aromatic amines is 1. The maximum atomic E-state index is 13.2. The summed E-state index contributed by atoms with van der Waals surface area (Å²) < 4.78 is 1.41. The molecule has 2 heterocycles. The van der Waals surface area contributed by atoms with E-state index in [0.29, 0.717) is 17.9 Å². The largest absolute Gasteiger partial charge is 0.369 e. The molecule has 1 aromatic carbocycles. The second-order valence-corrected chi connectivity index (χ2v) is 8.51. The fraction of sp³-hybridized carbons (Fsp3) is 0.348. The zero-order valence-corrected chi connectivity index (χ0v) is 18.6. The third-order valence-corrected chi connectivity index (χ3v) is 4.94. The van der Waals surface area contributed by atoms with Gasteiger partial charge in [-0.3, -0.25) is 23.9 Å². The summed E-state index contributed by atoms with van der Waals surface area (Å²) >= 11 is 0. The summed E-state index contributed by atoms with van der Waals surface area (Å²) in [5, 5.41) is 2.84. The van der Waals surface area contributed by atoms with Crippen LogP contribution in [-0.2, 0) is 17.8 Å². The van der Waals surface area contributed by atoms with Crippen LogP contribution in [0.2, 0.25) is 0 Å². The average molecular weight is 438 g/mol. The highest BCUT2D eigenvalue weighted by atomic mass is 16.2.